The minimum absolute atomic E-state index is 0.0123. The van der Waals surface area contributed by atoms with Crippen molar-refractivity contribution in [1.82, 2.24) is 5.32 Å². The van der Waals surface area contributed by atoms with Crippen molar-refractivity contribution in [3.05, 3.63) is 44.7 Å². The molecule has 0 saturated carbocycles. The molecule has 0 saturated heterocycles. The van der Waals surface area contributed by atoms with E-state index in [-0.39, 0.29) is 22.7 Å². The van der Waals surface area contributed by atoms with Crippen LogP contribution in [0.5, 0.6) is 11.5 Å². The number of phenols is 1. The largest absolute Gasteiger partial charge is 0.503 e. The van der Waals surface area contributed by atoms with Crippen molar-refractivity contribution in [2.24, 2.45) is 5.41 Å². The summed E-state index contributed by atoms with van der Waals surface area (Å²) in [7, 11) is 1.47. The summed E-state index contributed by atoms with van der Waals surface area (Å²) in [6.45, 7) is 8.33. The number of aromatic hydroxyl groups is 1. The Balaban J connectivity index is 2.17. The quantitative estimate of drug-likeness (QED) is 0.424. The van der Waals surface area contributed by atoms with Crippen LogP contribution in [-0.2, 0) is 14.3 Å². The maximum Gasteiger partial charge on any atom is 0.336 e. The number of hydrogen-bond acceptors (Lipinski definition) is 6. The zero-order chi connectivity index (χ0) is 22.9. The van der Waals surface area contributed by atoms with Gasteiger partial charge in [0.2, 0.25) is 0 Å². The average Bonchev–Trinajstić information content (AvgIpc) is 2.68. The summed E-state index contributed by atoms with van der Waals surface area (Å²) >= 11 is 3.37. The molecule has 7 heteroatoms. The van der Waals surface area contributed by atoms with Crippen LogP contribution in [0.2, 0.25) is 0 Å². The zero-order valence-corrected chi connectivity index (χ0v) is 20.3. The van der Waals surface area contributed by atoms with Crippen molar-refractivity contribution < 1.29 is 24.2 Å². The highest BCUT2D eigenvalue weighted by Crippen LogP contribution is 2.48. The fourth-order valence-corrected chi connectivity index (χ4v) is 4.80. The highest BCUT2D eigenvalue weighted by Gasteiger charge is 2.43. The predicted molar refractivity (Wildman–Crippen MR) is 122 cm³/mol. The summed E-state index contributed by atoms with van der Waals surface area (Å²) in [5.41, 5.74) is 3.05. The van der Waals surface area contributed by atoms with E-state index in [1.165, 1.54) is 7.11 Å². The van der Waals surface area contributed by atoms with E-state index in [1.807, 2.05) is 13.8 Å². The molecule has 1 aromatic rings. The summed E-state index contributed by atoms with van der Waals surface area (Å²) in [4.78, 5) is 26.4. The number of ether oxygens (including phenoxy) is 2. The normalized spacial score (nSPS) is 20.3. The first-order valence-corrected chi connectivity index (χ1v) is 11.4. The minimum Gasteiger partial charge on any atom is -0.503 e. The van der Waals surface area contributed by atoms with Crippen LogP contribution in [0.15, 0.2) is 39.1 Å². The molecule has 1 aliphatic heterocycles. The fourth-order valence-electron chi connectivity index (χ4n) is 4.34. The smallest absolute Gasteiger partial charge is 0.336 e. The van der Waals surface area contributed by atoms with Crippen molar-refractivity contribution in [1.29, 1.82) is 0 Å². The molecule has 31 heavy (non-hydrogen) atoms. The Bertz CT molecular complexity index is 976. The van der Waals surface area contributed by atoms with E-state index in [4.69, 9.17) is 9.47 Å². The molecule has 0 unspecified atom stereocenters. The summed E-state index contributed by atoms with van der Waals surface area (Å²) in [5.74, 6) is -0.780. The molecule has 2 aliphatic rings. The van der Waals surface area contributed by atoms with E-state index in [9.17, 15) is 14.7 Å². The standard InChI is InChI=1S/C24H30BrNO5/c1-6-7-8-31-23(29)19-13(2)26-16-11-24(3,4)12-17(27)21(16)20(19)14-9-15(25)22(28)18(10-14)30-5/h9-10,20,26,28H,6-8,11-12H2,1-5H3/t20-/m1/s1. The number of halogens is 1. The first-order valence-electron chi connectivity index (χ1n) is 10.6. The molecule has 1 aliphatic carbocycles. The molecule has 168 valence electrons. The summed E-state index contributed by atoms with van der Waals surface area (Å²) in [5, 5.41) is 13.6. The number of phenolic OH excluding ortho intramolecular Hbond substituents is 1. The number of unbranched alkanes of at least 4 members (excludes halogenated alkanes) is 1. The molecular formula is C24H30BrNO5. The second-order valence-corrected chi connectivity index (χ2v) is 9.83. The van der Waals surface area contributed by atoms with Crippen molar-refractivity contribution in [2.45, 2.75) is 59.3 Å². The van der Waals surface area contributed by atoms with Crippen LogP contribution >= 0.6 is 15.9 Å². The van der Waals surface area contributed by atoms with Crippen molar-refractivity contribution in [3.8, 4) is 11.5 Å². The molecule has 0 spiro atoms. The first kappa shape index (κ1) is 23.4. The van der Waals surface area contributed by atoms with Crippen LogP contribution in [0.3, 0.4) is 0 Å². The number of nitrogens with one attached hydrogen (secondary N) is 1. The van der Waals surface area contributed by atoms with E-state index in [0.29, 0.717) is 46.3 Å². The topological polar surface area (TPSA) is 84.9 Å². The molecule has 3 rings (SSSR count). The molecule has 1 atom stereocenters. The van der Waals surface area contributed by atoms with E-state index in [2.05, 4.69) is 35.1 Å². The number of hydrogen-bond donors (Lipinski definition) is 2. The van der Waals surface area contributed by atoms with Crippen molar-refractivity contribution in [3.63, 3.8) is 0 Å². The number of dihydropyridines is 1. The number of rotatable bonds is 6. The van der Waals surface area contributed by atoms with Gasteiger partial charge < -0.3 is 19.9 Å². The van der Waals surface area contributed by atoms with Gasteiger partial charge in [0.1, 0.15) is 0 Å². The minimum atomic E-state index is -0.597. The molecule has 2 N–H and O–H groups in total. The number of benzene rings is 1. The third kappa shape index (κ3) is 4.66. The molecule has 0 radical (unpaired) electrons. The lowest BCUT2D eigenvalue weighted by molar-refractivity contribution is -0.139. The lowest BCUT2D eigenvalue weighted by Gasteiger charge is -2.39. The number of ketones is 1. The number of Topliss-reactive ketones (excluding diaryl/α,β-unsaturated/α-hetero) is 1. The van der Waals surface area contributed by atoms with E-state index >= 15 is 0 Å². The van der Waals surface area contributed by atoms with Gasteiger partial charge in [0, 0.05) is 29.3 Å². The molecule has 0 amide bonds. The molecule has 0 fully saturated rings. The van der Waals surface area contributed by atoms with E-state index in [1.54, 1.807) is 12.1 Å². The van der Waals surface area contributed by atoms with Gasteiger partial charge in [-0.15, -0.1) is 0 Å². The maximum atomic E-state index is 13.3. The predicted octanol–water partition coefficient (Wildman–Crippen LogP) is 5.11. The summed E-state index contributed by atoms with van der Waals surface area (Å²) in [6, 6.07) is 3.42. The van der Waals surface area contributed by atoms with Gasteiger partial charge in [0.25, 0.3) is 0 Å². The number of esters is 1. The van der Waals surface area contributed by atoms with E-state index in [0.717, 1.165) is 18.5 Å². The number of carbonyl (C=O) groups excluding carboxylic acids is 2. The van der Waals surface area contributed by atoms with Crippen LogP contribution in [0.25, 0.3) is 0 Å². The molecule has 6 nitrogen and oxygen atoms in total. The Morgan fingerprint density at radius 3 is 2.68 bits per heavy atom. The van der Waals surface area contributed by atoms with Gasteiger partial charge in [-0.2, -0.15) is 0 Å². The Hall–Kier alpha value is -2.28. The Kier molecular flexibility index (Phi) is 6.84. The van der Waals surface area contributed by atoms with Gasteiger partial charge >= 0.3 is 5.97 Å². The molecule has 0 aromatic heterocycles. The van der Waals surface area contributed by atoms with Crippen molar-refractivity contribution >= 4 is 27.7 Å². The third-order valence-electron chi connectivity index (χ3n) is 5.79. The fraction of sp³-hybridized carbons (Fsp3) is 0.500. The Morgan fingerprint density at radius 2 is 2.03 bits per heavy atom. The van der Waals surface area contributed by atoms with Crippen molar-refractivity contribution in [2.75, 3.05) is 13.7 Å². The van der Waals surface area contributed by atoms with E-state index < -0.39 is 11.9 Å². The summed E-state index contributed by atoms with van der Waals surface area (Å²) < 4.78 is 11.3. The first-order chi connectivity index (χ1) is 14.6. The third-order valence-corrected chi connectivity index (χ3v) is 6.40. The second kappa shape index (κ2) is 9.07. The number of methoxy groups -OCH3 is 1. The Morgan fingerprint density at radius 1 is 1.32 bits per heavy atom. The van der Waals surface area contributed by atoms with Gasteiger partial charge in [0.05, 0.1) is 23.8 Å². The number of allylic oxidation sites excluding steroid dienone is 3. The summed E-state index contributed by atoms with van der Waals surface area (Å²) in [6.07, 6.45) is 2.79. The van der Waals surface area contributed by atoms with Crippen LogP contribution in [0.1, 0.15) is 64.9 Å². The van der Waals surface area contributed by atoms with Crippen LogP contribution in [0, 0.1) is 5.41 Å². The molecule has 0 bridgehead atoms. The molecule has 1 heterocycles. The van der Waals surface area contributed by atoms with Gasteiger partial charge in [-0.05, 0) is 58.8 Å². The lowest BCUT2D eigenvalue weighted by Crippen LogP contribution is -2.38. The zero-order valence-electron chi connectivity index (χ0n) is 18.7. The van der Waals surface area contributed by atoms with Crippen LogP contribution in [-0.4, -0.2) is 30.6 Å². The molecule has 1 aromatic carbocycles. The van der Waals surface area contributed by atoms with Gasteiger partial charge in [-0.3, -0.25) is 4.79 Å². The van der Waals surface area contributed by atoms with Crippen LogP contribution < -0.4 is 10.1 Å². The number of carbonyl (C=O) groups is 2. The monoisotopic (exact) mass is 491 g/mol. The SMILES string of the molecule is CCCCOC(=O)C1=C(C)NC2=C(C(=O)CC(C)(C)C2)[C@@H]1c1cc(Br)c(O)c(OC)c1. The van der Waals surface area contributed by atoms with Gasteiger partial charge in [0.15, 0.2) is 17.3 Å². The highest BCUT2D eigenvalue weighted by atomic mass is 79.9. The average molecular weight is 492 g/mol. The Labute approximate surface area is 191 Å². The lowest BCUT2D eigenvalue weighted by atomic mass is 9.68. The highest BCUT2D eigenvalue weighted by molar-refractivity contribution is 9.10. The van der Waals surface area contributed by atoms with Gasteiger partial charge in [-0.1, -0.05) is 27.2 Å². The second-order valence-electron chi connectivity index (χ2n) is 8.97. The van der Waals surface area contributed by atoms with Gasteiger partial charge in [-0.25, -0.2) is 4.79 Å². The maximum absolute atomic E-state index is 13.3. The molecular weight excluding hydrogens is 462 g/mol. The van der Waals surface area contributed by atoms with Crippen LogP contribution in [0.4, 0.5) is 0 Å².